The number of nitrogens with zero attached hydrogens (tertiary/aromatic N) is 1. The lowest BCUT2D eigenvalue weighted by Crippen LogP contribution is -2.51. The molecule has 3 aromatic rings. The van der Waals surface area contributed by atoms with Crippen molar-refractivity contribution in [3.05, 3.63) is 101 Å². The second kappa shape index (κ2) is 5.44. The number of hydrogen-bond acceptors (Lipinski definition) is 2. The van der Waals surface area contributed by atoms with Gasteiger partial charge in [0.1, 0.15) is 0 Å². The first-order valence-electron chi connectivity index (χ1n) is 10.2. The molecule has 1 aliphatic heterocycles. The van der Waals surface area contributed by atoms with Gasteiger partial charge in [0.25, 0.3) is 0 Å². The lowest BCUT2D eigenvalue weighted by Gasteiger charge is -2.52. The molecule has 4 aliphatic rings. The number of carbonyl (C=O) groups excluding carboxylic acids is 2. The van der Waals surface area contributed by atoms with Crippen molar-refractivity contribution in [3.8, 4) is 0 Å². The number of hydrogen-bond donors (Lipinski definition) is 0. The molecule has 142 valence electrons. The maximum Gasteiger partial charge on any atom is 0.238 e. The van der Waals surface area contributed by atoms with Crippen LogP contribution in [0.25, 0.3) is 0 Å². The Morgan fingerprint density at radius 3 is 2.03 bits per heavy atom. The van der Waals surface area contributed by atoms with Crippen LogP contribution >= 0.6 is 0 Å². The average Bonchev–Trinajstić information content (AvgIpc) is 3.00. The predicted molar refractivity (Wildman–Crippen MR) is 112 cm³/mol. The zero-order chi connectivity index (χ0) is 19.9. The highest BCUT2D eigenvalue weighted by Gasteiger charge is 2.66. The van der Waals surface area contributed by atoms with Crippen molar-refractivity contribution >= 4 is 17.5 Å². The Hall–Kier alpha value is -3.20. The van der Waals surface area contributed by atoms with Crippen molar-refractivity contribution in [1.82, 2.24) is 0 Å². The van der Waals surface area contributed by atoms with Gasteiger partial charge >= 0.3 is 0 Å². The van der Waals surface area contributed by atoms with E-state index in [4.69, 9.17) is 0 Å². The monoisotopic (exact) mass is 379 g/mol. The number of aryl methyl sites for hydroxylation is 1. The molecule has 1 fully saturated rings. The molecule has 0 unspecified atom stereocenters. The molecule has 1 heterocycles. The molecule has 0 N–H and O–H groups in total. The third-order valence-corrected chi connectivity index (χ3v) is 7.30. The Bertz CT molecular complexity index is 1160. The summed E-state index contributed by atoms with van der Waals surface area (Å²) in [7, 11) is 0. The summed E-state index contributed by atoms with van der Waals surface area (Å²) in [6, 6.07) is 24.4. The molecule has 0 saturated carbocycles. The summed E-state index contributed by atoms with van der Waals surface area (Å²) in [6.45, 7) is 4.14. The van der Waals surface area contributed by atoms with Crippen molar-refractivity contribution in [1.29, 1.82) is 0 Å². The minimum Gasteiger partial charge on any atom is -0.274 e. The Morgan fingerprint density at radius 1 is 0.793 bits per heavy atom. The number of anilines is 1. The fraction of sp³-hybridized carbons (Fsp3) is 0.231. The Balaban J connectivity index is 1.63. The minimum absolute atomic E-state index is 0.0640. The van der Waals surface area contributed by atoms with E-state index in [2.05, 4.69) is 31.2 Å². The molecule has 2 amide bonds. The third kappa shape index (κ3) is 1.88. The van der Waals surface area contributed by atoms with Crippen LogP contribution in [0.15, 0.2) is 72.8 Å². The molecule has 3 aliphatic carbocycles. The van der Waals surface area contributed by atoms with E-state index in [1.165, 1.54) is 27.2 Å². The topological polar surface area (TPSA) is 37.4 Å². The van der Waals surface area contributed by atoms with Crippen molar-refractivity contribution in [2.24, 2.45) is 11.8 Å². The van der Waals surface area contributed by atoms with Gasteiger partial charge in [-0.25, -0.2) is 4.90 Å². The minimum atomic E-state index is -0.502. The molecule has 3 nitrogen and oxygen atoms in total. The molecule has 0 spiro atoms. The molecular formula is C26H21NO2. The number of amides is 2. The van der Waals surface area contributed by atoms with E-state index in [1.807, 2.05) is 55.5 Å². The van der Waals surface area contributed by atoms with Gasteiger partial charge in [-0.3, -0.25) is 9.59 Å². The van der Waals surface area contributed by atoms with Crippen LogP contribution in [0, 0.1) is 18.8 Å². The second-order valence-corrected chi connectivity index (χ2v) is 8.71. The van der Waals surface area contributed by atoms with E-state index < -0.39 is 5.41 Å². The SMILES string of the molecule is Cc1cccc(N2C(=O)[C@@H]3C4c5ccccc5C(C)(c5ccccc54)[C@H]3C2=O)c1. The van der Waals surface area contributed by atoms with Gasteiger partial charge in [-0.1, -0.05) is 67.6 Å². The van der Waals surface area contributed by atoms with Crippen molar-refractivity contribution in [3.63, 3.8) is 0 Å². The molecular weight excluding hydrogens is 358 g/mol. The fourth-order valence-corrected chi connectivity index (χ4v) is 6.17. The fourth-order valence-electron chi connectivity index (χ4n) is 6.17. The van der Waals surface area contributed by atoms with Crippen molar-refractivity contribution in [2.45, 2.75) is 25.2 Å². The van der Waals surface area contributed by atoms with E-state index in [0.717, 1.165) is 5.56 Å². The van der Waals surface area contributed by atoms with E-state index in [9.17, 15) is 9.59 Å². The maximum absolute atomic E-state index is 13.8. The summed E-state index contributed by atoms with van der Waals surface area (Å²) in [5.74, 6) is -0.920. The van der Waals surface area contributed by atoms with E-state index in [1.54, 1.807) is 0 Å². The average molecular weight is 379 g/mol. The summed E-state index contributed by atoms with van der Waals surface area (Å²) in [5, 5.41) is 0. The molecule has 1 saturated heterocycles. The highest BCUT2D eigenvalue weighted by atomic mass is 16.2. The Morgan fingerprint density at radius 2 is 1.41 bits per heavy atom. The van der Waals surface area contributed by atoms with Crippen LogP contribution < -0.4 is 4.90 Å². The summed E-state index contributed by atoms with van der Waals surface area (Å²) < 4.78 is 0. The van der Waals surface area contributed by atoms with E-state index in [0.29, 0.717) is 5.69 Å². The van der Waals surface area contributed by atoms with Gasteiger partial charge in [0, 0.05) is 11.3 Å². The normalized spacial score (nSPS) is 28.9. The molecule has 7 rings (SSSR count). The zero-order valence-electron chi connectivity index (χ0n) is 16.4. The predicted octanol–water partition coefficient (Wildman–Crippen LogP) is 4.57. The summed E-state index contributed by atoms with van der Waals surface area (Å²) in [5.41, 5.74) is 6.00. The van der Waals surface area contributed by atoms with Crippen LogP contribution in [-0.2, 0) is 15.0 Å². The lowest BCUT2D eigenvalue weighted by atomic mass is 9.48. The van der Waals surface area contributed by atoms with Gasteiger partial charge in [-0.05, 0) is 46.9 Å². The zero-order valence-corrected chi connectivity index (χ0v) is 16.4. The Labute approximate surface area is 170 Å². The van der Waals surface area contributed by atoms with Gasteiger partial charge in [-0.2, -0.15) is 0 Å². The molecule has 3 aromatic carbocycles. The summed E-state index contributed by atoms with van der Waals surface area (Å²) in [6.07, 6.45) is 0. The smallest absolute Gasteiger partial charge is 0.238 e. The lowest BCUT2D eigenvalue weighted by molar-refractivity contribution is -0.123. The molecule has 2 atom stereocenters. The molecule has 3 heteroatoms. The van der Waals surface area contributed by atoms with Crippen LogP contribution in [0.5, 0.6) is 0 Å². The summed E-state index contributed by atoms with van der Waals surface area (Å²) >= 11 is 0. The number of imide groups is 1. The highest BCUT2D eigenvalue weighted by Crippen LogP contribution is 2.64. The van der Waals surface area contributed by atoms with Crippen LogP contribution in [0.2, 0.25) is 0 Å². The Kier molecular flexibility index (Phi) is 3.14. The van der Waals surface area contributed by atoms with E-state index >= 15 is 0 Å². The van der Waals surface area contributed by atoms with Crippen LogP contribution in [-0.4, -0.2) is 11.8 Å². The van der Waals surface area contributed by atoms with Crippen LogP contribution in [0.1, 0.15) is 40.7 Å². The molecule has 0 aromatic heterocycles. The maximum atomic E-state index is 13.8. The van der Waals surface area contributed by atoms with Gasteiger partial charge in [0.05, 0.1) is 17.5 Å². The first kappa shape index (κ1) is 16.7. The molecule has 29 heavy (non-hydrogen) atoms. The molecule has 0 radical (unpaired) electrons. The number of rotatable bonds is 1. The largest absolute Gasteiger partial charge is 0.274 e. The van der Waals surface area contributed by atoms with Crippen molar-refractivity contribution < 1.29 is 9.59 Å². The first-order chi connectivity index (χ1) is 14.0. The van der Waals surface area contributed by atoms with Crippen LogP contribution in [0.3, 0.4) is 0 Å². The number of benzene rings is 3. The highest BCUT2D eigenvalue weighted by molar-refractivity contribution is 6.23. The second-order valence-electron chi connectivity index (χ2n) is 8.71. The standard InChI is InChI=1S/C26H21NO2/c1-15-8-7-9-16(14-15)27-24(28)22-21-17-10-3-5-12-19(17)26(2,23(22)25(27)29)20-13-6-4-11-18(20)21/h3-14,21-23H,1-2H3/t21?,22-,23-,26?/m1/s1. The van der Waals surface area contributed by atoms with Crippen molar-refractivity contribution in [2.75, 3.05) is 4.90 Å². The van der Waals surface area contributed by atoms with Gasteiger partial charge in [0.2, 0.25) is 11.8 Å². The third-order valence-electron chi connectivity index (χ3n) is 7.30. The van der Waals surface area contributed by atoms with Crippen LogP contribution in [0.4, 0.5) is 5.69 Å². The van der Waals surface area contributed by atoms with E-state index in [-0.39, 0.29) is 29.6 Å². The number of carbonyl (C=O) groups is 2. The first-order valence-corrected chi connectivity index (χ1v) is 10.2. The van der Waals surface area contributed by atoms with Gasteiger partial charge < -0.3 is 0 Å². The quantitative estimate of drug-likeness (QED) is 0.581. The summed E-state index contributed by atoms with van der Waals surface area (Å²) in [4.78, 5) is 29.0. The van der Waals surface area contributed by atoms with Gasteiger partial charge in [0.15, 0.2) is 0 Å². The van der Waals surface area contributed by atoms with Gasteiger partial charge in [-0.15, -0.1) is 0 Å². The molecule has 2 bridgehead atoms.